The molecule has 4 heterocycles. The van der Waals surface area contributed by atoms with E-state index in [0.717, 1.165) is 34.0 Å². The average molecular weight is 573 g/mol. The molecule has 0 unspecified atom stereocenters. The topological polar surface area (TPSA) is 129 Å². The number of ether oxygens (including phenoxy) is 1. The zero-order valence-electron chi connectivity index (χ0n) is 24.9. The summed E-state index contributed by atoms with van der Waals surface area (Å²) in [4.78, 5) is 55.9. The number of hydrogen-bond acceptors (Lipinski definition) is 8. The lowest BCUT2D eigenvalue weighted by Gasteiger charge is -2.34. The monoisotopic (exact) mass is 572 g/mol. The lowest BCUT2D eigenvalue weighted by molar-refractivity contribution is 0.0499. The highest BCUT2D eigenvalue weighted by molar-refractivity contribution is 5.80. The second kappa shape index (κ2) is 11.3. The van der Waals surface area contributed by atoms with Crippen LogP contribution in [0.1, 0.15) is 52.1 Å². The molecule has 12 nitrogen and oxygen atoms in total. The Bertz CT molecular complexity index is 1850. The Hall–Kier alpha value is -4.66. The highest BCUT2D eigenvalue weighted by Crippen LogP contribution is 2.24. The largest absolute Gasteiger partial charge is 0.444 e. The molecule has 1 aliphatic rings. The maximum Gasteiger partial charge on any atom is 0.407 e. The van der Waals surface area contributed by atoms with E-state index in [1.165, 1.54) is 4.57 Å². The van der Waals surface area contributed by atoms with Crippen LogP contribution < -0.4 is 21.5 Å². The van der Waals surface area contributed by atoms with Gasteiger partial charge in [0.05, 0.1) is 18.6 Å². The molecular weight excluding hydrogens is 536 g/mol. The molecular formula is C30H36N8O4. The number of alkyl carbamates (subject to hydrolysis) is 1. The van der Waals surface area contributed by atoms with Gasteiger partial charge in [-0.05, 0) is 53.5 Å². The summed E-state index contributed by atoms with van der Waals surface area (Å²) >= 11 is 0. The molecule has 0 spiro atoms. The molecule has 12 heteroatoms. The fourth-order valence-electron chi connectivity index (χ4n) is 5.31. The smallest absolute Gasteiger partial charge is 0.407 e. The van der Waals surface area contributed by atoms with Crippen LogP contribution in [0.15, 0.2) is 33.9 Å². The summed E-state index contributed by atoms with van der Waals surface area (Å²) in [5.41, 5.74) is 0.457. The van der Waals surface area contributed by atoms with Crippen LogP contribution in [0.3, 0.4) is 0 Å². The number of para-hydroxylation sites is 1. The summed E-state index contributed by atoms with van der Waals surface area (Å²) in [6, 6.07) is 7.45. The zero-order valence-corrected chi connectivity index (χ0v) is 24.9. The number of aryl methyl sites for hydroxylation is 2. The number of anilines is 1. The van der Waals surface area contributed by atoms with Crippen LogP contribution in [-0.4, -0.2) is 59.5 Å². The Labute approximate surface area is 243 Å². The number of benzene rings is 1. The second-order valence-corrected chi connectivity index (χ2v) is 11.5. The van der Waals surface area contributed by atoms with Gasteiger partial charge in [0.2, 0.25) is 5.95 Å². The van der Waals surface area contributed by atoms with Gasteiger partial charge in [-0.1, -0.05) is 24.1 Å². The van der Waals surface area contributed by atoms with Crippen molar-refractivity contribution < 1.29 is 9.53 Å². The number of carbonyl (C=O) groups excluding carboxylic acids is 1. The molecule has 1 atom stereocenters. The van der Waals surface area contributed by atoms with Crippen LogP contribution in [0, 0.1) is 18.8 Å². The van der Waals surface area contributed by atoms with E-state index in [4.69, 9.17) is 9.72 Å². The van der Waals surface area contributed by atoms with Crippen molar-refractivity contribution in [1.29, 1.82) is 0 Å². The van der Waals surface area contributed by atoms with Crippen molar-refractivity contribution in [2.24, 2.45) is 7.05 Å². The Morgan fingerprint density at radius 3 is 2.64 bits per heavy atom. The van der Waals surface area contributed by atoms with E-state index >= 15 is 0 Å². The van der Waals surface area contributed by atoms with Gasteiger partial charge in [0.1, 0.15) is 11.4 Å². The first-order valence-electron chi connectivity index (χ1n) is 14.0. The predicted octanol–water partition coefficient (Wildman–Crippen LogP) is 2.71. The lowest BCUT2D eigenvalue weighted by atomic mass is 10.1. The molecule has 4 aromatic rings. The lowest BCUT2D eigenvalue weighted by Crippen LogP contribution is -2.49. The number of rotatable bonds is 5. The first kappa shape index (κ1) is 28.9. The predicted molar refractivity (Wildman–Crippen MR) is 161 cm³/mol. The normalized spacial score (nSPS) is 15.5. The Morgan fingerprint density at radius 2 is 1.90 bits per heavy atom. The Morgan fingerprint density at radius 1 is 1.14 bits per heavy atom. The van der Waals surface area contributed by atoms with Gasteiger partial charge in [-0.25, -0.2) is 19.6 Å². The molecule has 1 N–H and O–H groups in total. The molecule has 0 aliphatic carbocycles. The van der Waals surface area contributed by atoms with E-state index in [0.29, 0.717) is 24.9 Å². The zero-order chi connectivity index (χ0) is 30.2. The van der Waals surface area contributed by atoms with E-state index in [9.17, 15) is 14.4 Å². The van der Waals surface area contributed by atoms with Gasteiger partial charge in [-0.15, -0.1) is 5.92 Å². The number of nitrogens with zero attached hydrogens (tertiary/aromatic N) is 7. The van der Waals surface area contributed by atoms with Gasteiger partial charge in [0.15, 0.2) is 11.2 Å². The van der Waals surface area contributed by atoms with Crippen LogP contribution in [-0.2, 0) is 24.9 Å². The number of fused-ring (bicyclic) bond motifs is 2. The fourth-order valence-corrected chi connectivity index (χ4v) is 5.31. The third kappa shape index (κ3) is 5.72. The molecule has 5 rings (SSSR count). The van der Waals surface area contributed by atoms with Crippen molar-refractivity contribution in [3.05, 3.63) is 56.6 Å². The van der Waals surface area contributed by atoms with Crippen molar-refractivity contribution in [2.45, 2.75) is 72.2 Å². The number of hydrogen-bond donors (Lipinski definition) is 1. The molecule has 1 amide bonds. The summed E-state index contributed by atoms with van der Waals surface area (Å²) in [7, 11) is 1.60. The number of aromatic nitrogens is 6. The van der Waals surface area contributed by atoms with Crippen molar-refractivity contribution >= 4 is 34.1 Å². The van der Waals surface area contributed by atoms with Gasteiger partial charge in [-0.2, -0.15) is 4.98 Å². The summed E-state index contributed by atoms with van der Waals surface area (Å²) < 4.78 is 9.73. The van der Waals surface area contributed by atoms with E-state index in [2.05, 4.69) is 27.1 Å². The first-order chi connectivity index (χ1) is 20.0. The van der Waals surface area contributed by atoms with Crippen LogP contribution in [0.5, 0.6) is 0 Å². The molecule has 1 aromatic carbocycles. The molecule has 0 bridgehead atoms. The highest BCUT2D eigenvalue weighted by atomic mass is 16.6. The standard InChI is InChI=1S/C30H36N8O4/c1-7-8-16-37-24-25(34-27(37)36-15-11-12-20(17-36)32-28(40)42-30(3,4)5)35(6)29(41)38(26(24)39)18-23-31-19(2)21-13-9-10-14-22(21)33-23/h9-10,13-14,20H,11-12,15-18H2,1-6H3,(H,32,40)/t20-/m1/s1. The van der Waals surface area contributed by atoms with Crippen molar-refractivity contribution in [3.63, 3.8) is 0 Å². The maximum atomic E-state index is 14.0. The minimum absolute atomic E-state index is 0.0846. The molecule has 3 aromatic heterocycles. The van der Waals surface area contributed by atoms with Crippen molar-refractivity contribution in [3.8, 4) is 11.8 Å². The maximum absolute atomic E-state index is 14.0. The number of imidazole rings is 1. The molecule has 1 saturated heterocycles. The van der Waals surface area contributed by atoms with E-state index in [1.807, 2.05) is 56.9 Å². The SMILES string of the molecule is CC#CCn1c(N2CCC[C@@H](NC(=O)OC(C)(C)C)C2)nc2c1c(=O)n(Cc1nc(C)c3ccccc3n1)c(=O)n2C. The van der Waals surface area contributed by atoms with Crippen LogP contribution in [0.4, 0.5) is 10.7 Å². The van der Waals surface area contributed by atoms with Crippen molar-refractivity contribution in [1.82, 2.24) is 34.0 Å². The Kier molecular flexibility index (Phi) is 7.77. The number of carbonyl (C=O) groups is 1. The van der Waals surface area contributed by atoms with Crippen LogP contribution in [0.25, 0.3) is 22.1 Å². The number of nitrogens with one attached hydrogen (secondary N) is 1. The third-order valence-electron chi connectivity index (χ3n) is 7.19. The second-order valence-electron chi connectivity index (χ2n) is 11.5. The summed E-state index contributed by atoms with van der Waals surface area (Å²) in [5.74, 6) is 6.83. The molecule has 1 fully saturated rings. The van der Waals surface area contributed by atoms with Crippen LogP contribution >= 0.6 is 0 Å². The Balaban J connectivity index is 1.55. The summed E-state index contributed by atoms with van der Waals surface area (Å²) in [6.45, 7) is 10.3. The first-order valence-corrected chi connectivity index (χ1v) is 14.0. The van der Waals surface area contributed by atoms with Gasteiger partial charge >= 0.3 is 11.8 Å². The highest BCUT2D eigenvalue weighted by Gasteiger charge is 2.29. The number of piperidine rings is 1. The fraction of sp³-hybridized carbons (Fsp3) is 0.467. The number of amides is 1. The summed E-state index contributed by atoms with van der Waals surface area (Å²) in [5, 5.41) is 3.87. The molecule has 1 aliphatic heterocycles. The summed E-state index contributed by atoms with van der Waals surface area (Å²) in [6.07, 6.45) is 1.10. The van der Waals surface area contributed by atoms with E-state index in [-0.39, 0.29) is 30.3 Å². The molecule has 0 radical (unpaired) electrons. The molecule has 0 saturated carbocycles. The quantitative estimate of drug-likeness (QED) is 0.362. The van der Waals surface area contributed by atoms with Gasteiger partial charge in [0, 0.05) is 37.3 Å². The van der Waals surface area contributed by atoms with Gasteiger partial charge in [-0.3, -0.25) is 18.5 Å². The molecule has 220 valence electrons. The molecule has 42 heavy (non-hydrogen) atoms. The van der Waals surface area contributed by atoms with Crippen molar-refractivity contribution in [2.75, 3.05) is 18.0 Å². The van der Waals surface area contributed by atoms with E-state index in [1.54, 1.807) is 18.5 Å². The van der Waals surface area contributed by atoms with Gasteiger partial charge in [0.25, 0.3) is 5.56 Å². The van der Waals surface area contributed by atoms with Gasteiger partial charge < -0.3 is 15.0 Å². The minimum atomic E-state index is -0.605. The van der Waals surface area contributed by atoms with Crippen LogP contribution in [0.2, 0.25) is 0 Å². The van der Waals surface area contributed by atoms with E-state index < -0.39 is 22.9 Å². The third-order valence-corrected chi connectivity index (χ3v) is 7.19. The minimum Gasteiger partial charge on any atom is -0.444 e. The average Bonchev–Trinajstić information content (AvgIpc) is 3.32.